The van der Waals surface area contributed by atoms with Crippen LogP contribution in [0.5, 0.6) is 5.88 Å². The van der Waals surface area contributed by atoms with Crippen LogP contribution in [0.25, 0.3) is 16.7 Å². The molecule has 0 aliphatic rings. The van der Waals surface area contributed by atoms with Crippen LogP contribution in [0, 0.1) is 34.6 Å². The van der Waals surface area contributed by atoms with E-state index in [1.165, 1.54) is 5.56 Å². The third kappa shape index (κ3) is 4.67. The molecule has 0 aliphatic heterocycles. The van der Waals surface area contributed by atoms with Crippen LogP contribution in [0.15, 0.2) is 42.5 Å². The van der Waals surface area contributed by atoms with Crippen molar-refractivity contribution >= 4 is 22.6 Å². The van der Waals surface area contributed by atoms with Gasteiger partial charge in [-0.3, -0.25) is 4.79 Å². The number of carbonyl (C=O) groups is 1. The van der Waals surface area contributed by atoms with Gasteiger partial charge in [-0.1, -0.05) is 18.2 Å². The minimum absolute atomic E-state index is 0.0302. The Bertz CT molecular complexity index is 1370. The van der Waals surface area contributed by atoms with Crippen LogP contribution in [0.3, 0.4) is 0 Å². The molecule has 0 aliphatic carbocycles. The highest BCUT2D eigenvalue weighted by molar-refractivity contribution is 5.91. The molecule has 4 aromatic rings. The second-order valence-electron chi connectivity index (χ2n) is 8.84. The Kier molecular flexibility index (Phi) is 6.68. The number of anilines is 1. The number of pyridine rings is 1. The van der Waals surface area contributed by atoms with Crippen molar-refractivity contribution in [1.29, 1.82) is 0 Å². The number of fused-ring (bicyclic) bond motifs is 1. The molecule has 2 aromatic carbocycles. The Hall–Kier alpha value is -3.67. The molecule has 6 heteroatoms. The third-order valence-corrected chi connectivity index (χ3v) is 6.25. The molecular formula is C28H32N4O2. The number of amides is 1. The highest BCUT2D eigenvalue weighted by Crippen LogP contribution is 2.32. The fourth-order valence-electron chi connectivity index (χ4n) is 4.30. The van der Waals surface area contributed by atoms with Crippen molar-refractivity contribution in [3.8, 4) is 11.6 Å². The van der Waals surface area contributed by atoms with E-state index in [1.807, 2.05) is 55.8 Å². The van der Waals surface area contributed by atoms with Crippen molar-refractivity contribution in [2.75, 3.05) is 11.9 Å². The van der Waals surface area contributed by atoms with Crippen molar-refractivity contribution in [2.45, 2.75) is 54.4 Å². The monoisotopic (exact) mass is 456 g/mol. The van der Waals surface area contributed by atoms with Crippen molar-refractivity contribution in [3.63, 3.8) is 0 Å². The fourth-order valence-corrected chi connectivity index (χ4v) is 4.30. The number of ether oxygens (including phenoxy) is 1. The minimum atomic E-state index is -0.0302. The van der Waals surface area contributed by atoms with E-state index in [0.717, 1.165) is 50.4 Å². The SMILES string of the molecule is CCOc1nc2c(c(C)nn2-c2cccc(C)c2)c(C)c1CCC(=O)Nc1ccc(C)c(C)c1. The molecule has 0 unspecified atom stereocenters. The van der Waals surface area contributed by atoms with Crippen LogP contribution >= 0.6 is 0 Å². The van der Waals surface area contributed by atoms with Gasteiger partial charge in [-0.25, -0.2) is 4.68 Å². The first kappa shape index (κ1) is 23.5. The number of aromatic nitrogens is 3. The molecule has 1 N–H and O–H groups in total. The average molecular weight is 457 g/mol. The molecule has 2 heterocycles. The summed E-state index contributed by atoms with van der Waals surface area (Å²) in [5.41, 5.74) is 9.00. The number of nitrogens with one attached hydrogen (secondary N) is 1. The number of hydrogen-bond donors (Lipinski definition) is 1. The largest absolute Gasteiger partial charge is 0.478 e. The maximum absolute atomic E-state index is 12.7. The van der Waals surface area contributed by atoms with Crippen LogP contribution in [0.2, 0.25) is 0 Å². The first-order chi connectivity index (χ1) is 16.3. The third-order valence-electron chi connectivity index (χ3n) is 6.25. The van der Waals surface area contributed by atoms with Gasteiger partial charge in [0.15, 0.2) is 5.65 Å². The summed E-state index contributed by atoms with van der Waals surface area (Å²) in [6.45, 7) is 12.7. The molecule has 2 aromatic heterocycles. The summed E-state index contributed by atoms with van der Waals surface area (Å²) in [7, 11) is 0. The normalized spacial score (nSPS) is 11.1. The van der Waals surface area contributed by atoms with Crippen LogP contribution in [0.4, 0.5) is 5.69 Å². The summed E-state index contributed by atoms with van der Waals surface area (Å²) in [5.74, 6) is 0.539. The summed E-state index contributed by atoms with van der Waals surface area (Å²) < 4.78 is 7.82. The summed E-state index contributed by atoms with van der Waals surface area (Å²) >= 11 is 0. The van der Waals surface area contributed by atoms with Gasteiger partial charge in [-0.15, -0.1) is 0 Å². The van der Waals surface area contributed by atoms with Crippen LogP contribution in [0.1, 0.15) is 46.9 Å². The lowest BCUT2D eigenvalue weighted by Gasteiger charge is -2.14. The van der Waals surface area contributed by atoms with E-state index in [-0.39, 0.29) is 5.91 Å². The predicted molar refractivity (Wildman–Crippen MR) is 137 cm³/mol. The molecule has 0 fully saturated rings. The molecule has 0 saturated heterocycles. The van der Waals surface area contributed by atoms with E-state index in [4.69, 9.17) is 14.8 Å². The second-order valence-corrected chi connectivity index (χ2v) is 8.84. The van der Waals surface area contributed by atoms with Crippen LogP contribution in [-0.4, -0.2) is 27.3 Å². The highest BCUT2D eigenvalue weighted by Gasteiger charge is 2.20. The molecule has 0 spiro atoms. The number of aryl methyl sites for hydroxylation is 5. The van der Waals surface area contributed by atoms with Gasteiger partial charge >= 0.3 is 0 Å². The van der Waals surface area contributed by atoms with E-state index >= 15 is 0 Å². The van der Waals surface area contributed by atoms with Gasteiger partial charge in [0.05, 0.1) is 18.0 Å². The summed E-state index contributed by atoms with van der Waals surface area (Å²) in [5, 5.41) is 8.81. The summed E-state index contributed by atoms with van der Waals surface area (Å²) in [6, 6.07) is 14.2. The lowest BCUT2D eigenvalue weighted by molar-refractivity contribution is -0.116. The Morgan fingerprint density at radius 3 is 2.53 bits per heavy atom. The van der Waals surface area contributed by atoms with E-state index in [2.05, 4.69) is 38.2 Å². The zero-order valence-corrected chi connectivity index (χ0v) is 20.8. The average Bonchev–Trinajstić information content (AvgIpc) is 3.12. The van der Waals surface area contributed by atoms with E-state index in [1.54, 1.807) is 0 Å². The van der Waals surface area contributed by atoms with Gasteiger partial charge in [-0.2, -0.15) is 10.1 Å². The standard InChI is InChI=1S/C28H32N4O2/c1-7-34-28-24(13-14-25(33)29-22-12-11-18(3)19(4)16-22)20(5)26-21(6)31-32(27(26)30-28)23-10-8-9-17(2)15-23/h8-12,15-16H,7,13-14H2,1-6H3,(H,29,33). The second kappa shape index (κ2) is 9.67. The molecule has 6 nitrogen and oxygen atoms in total. The lowest BCUT2D eigenvalue weighted by atomic mass is 10.0. The molecule has 0 radical (unpaired) electrons. The zero-order valence-electron chi connectivity index (χ0n) is 20.8. The Labute approximate surface area is 201 Å². The molecule has 1 amide bonds. The number of nitrogens with zero attached hydrogens (tertiary/aromatic N) is 3. The predicted octanol–water partition coefficient (Wildman–Crippen LogP) is 5.93. The van der Waals surface area contributed by atoms with Gasteiger partial charge in [0.2, 0.25) is 11.8 Å². The Morgan fingerprint density at radius 1 is 1.03 bits per heavy atom. The molecule has 0 saturated carbocycles. The fraction of sp³-hybridized carbons (Fsp3) is 0.321. The topological polar surface area (TPSA) is 69.0 Å². The van der Waals surface area contributed by atoms with Crippen LogP contribution in [-0.2, 0) is 11.2 Å². The van der Waals surface area contributed by atoms with Crippen molar-refractivity contribution in [3.05, 3.63) is 76.0 Å². The van der Waals surface area contributed by atoms with Crippen molar-refractivity contribution in [2.24, 2.45) is 0 Å². The van der Waals surface area contributed by atoms with Crippen LogP contribution < -0.4 is 10.1 Å². The Morgan fingerprint density at radius 2 is 1.82 bits per heavy atom. The van der Waals surface area contributed by atoms with E-state index < -0.39 is 0 Å². The molecular weight excluding hydrogens is 424 g/mol. The maximum atomic E-state index is 12.7. The van der Waals surface area contributed by atoms with E-state index in [9.17, 15) is 4.79 Å². The quantitative estimate of drug-likeness (QED) is 0.374. The summed E-state index contributed by atoms with van der Waals surface area (Å²) in [6.07, 6.45) is 0.877. The maximum Gasteiger partial charge on any atom is 0.224 e. The molecule has 176 valence electrons. The molecule has 4 rings (SSSR count). The number of hydrogen-bond acceptors (Lipinski definition) is 4. The highest BCUT2D eigenvalue weighted by atomic mass is 16.5. The van der Waals surface area contributed by atoms with Gasteiger partial charge in [-0.05, 0) is 94.5 Å². The molecule has 0 atom stereocenters. The number of rotatable bonds is 7. The minimum Gasteiger partial charge on any atom is -0.478 e. The molecule has 0 bridgehead atoms. The van der Waals surface area contributed by atoms with Crippen molar-refractivity contribution < 1.29 is 9.53 Å². The smallest absolute Gasteiger partial charge is 0.224 e. The lowest BCUT2D eigenvalue weighted by Crippen LogP contribution is -2.14. The first-order valence-electron chi connectivity index (χ1n) is 11.7. The summed E-state index contributed by atoms with van der Waals surface area (Å²) in [4.78, 5) is 17.6. The van der Waals surface area contributed by atoms with Gasteiger partial charge < -0.3 is 10.1 Å². The first-order valence-corrected chi connectivity index (χ1v) is 11.7. The van der Waals surface area contributed by atoms with Gasteiger partial charge in [0.25, 0.3) is 0 Å². The Balaban J connectivity index is 1.66. The van der Waals surface area contributed by atoms with Crippen molar-refractivity contribution in [1.82, 2.24) is 14.8 Å². The van der Waals surface area contributed by atoms with E-state index in [0.29, 0.717) is 25.3 Å². The molecule has 34 heavy (non-hydrogen) atoms. The number of carbonyl (C=O) groups excluding carboxylic acids is 1. The number of benzene rings is 2. The van der Waals surface area contributed by atoms with Gasteiger partial charge in [0.1, 0.15) is 0 Å². The zero-order chi connectivity index (χ0) is 24.4. The van der Waals surface area contributed by atoms with Gasteiger partial charge in [0, 0.05) is 23.1 Å².